The van der Waals surface area contributed by atoms with E-state index in [-0.39, 0.29) is 0 Å². The van der Waals surface area contributed by atoms with E-state index in [9.17, 15) is 0 Å². The maximum Gasteiger partial charge on any atom is 0.0404 e. The first kappa shape index (κ1) is 11.1. The van der Waals surface area contributed by atoms with E-state index < -0.39 is 0 Å². The molecule has 0 amide bonds. The van der Waals surface area contributed by atoms with Gasteiger partial charge in [-0.1, -0.05) is 13.0 Å². The van der Waals surface area contributed by atoms with Crippen LogP contribution in [0.5, 0.6) is 0 Å². The van der Waals surface area contributed by atoms with E-state index in [2.05, 4.69) is 46.0 Å². The summed E-state index contributed by atoms with van der Waals surface area (Å²) >= 11 is 0. The highest BCUT2D eigenvalue weighted by Gasteiger charge is 2.08. The Bertz CT molecular complexity index is 326. The number of hydrogen-bond acceptors (Lipinski definition) is 1. The summed E-state index contributed by atoms with van der Waals surface area (Å²) in [5, 5.41) is 3.46. The third-order valence-corrected chi connectivity index (χ3v) is 2.95. The van der Waals surface area contributed by atoms with Crippen LogP contribution in [0, 0.1) is 20.8 Å². The predicted octanol–water partition coefficient (Wildman–Crippen LogP) is 3.61. The van der Waals surface area contributed by atoms with E-state index in [1.807, 2.05) is 0 Å². The van der Waals surface area contributed by atoms with Crippen molar-refractivity contribution in [3.63, 3.8) is 0 Å². The highest BCUT2D eigenvalue weighted by atomic mass is 14.9. The van der Waals surface area contributed by atoms with Crippen molar-refractivity contribution in [2.24, 2.45) is 0 Å². The molecule has 1 rings (SSSR count). The van der Waals surface area contributed by atoms with Crippen molar-refractivity contribution in [3.05, 3.63) is 28.3 Å². The van der Waals surface area contributed by atoms with Gasteiger partial charge in [0.05, 0.1) is 0 Å². The van der Waals surface area contributed by atoms with Gasteiger partial charge in [0, 0.05) is 12.2 Å². The van der Waals surface area contributed by atoms with Crippen molar-refractivity contribution in [2.75, 3.05) is 11.9 Å². The molecule has 0 radical (unpaired) electrons. The average Bonchev–Trinajstić information content (AvgIpc) is 2.18. The summed E-state index contributed by atoms with van der Waals surface area (Å²) in [5.74, 6) is 0. The van der Waals surface area contributed by atoms with E-state index in [4.69, 9.17) is 0 Å². The van der Waals surface area contributed by atoms with Crippen molar-refractivity contribution in [2.45, 2.75) is 41.0 Å². The SMILES string of the molecule is CCNc1c(C)c(C)cc(CC)c1C. The van der Waals surface area contributed by atoms with Gasteiger partial charge in [-0.15, -0.1) is 0 Å². The number of hydrogen-bond donors (Lipinski definition) is 1. The maximum atomic E-state index is 3.46. The Balaban J connectivity index is 3.29. The quantitative estimate of drug-likeness (QED) is 0.769. The van der Waals surface area contributed by atoms with Crippen LogP contribution in [0.25, 0.3) is 0 Å². The van der Waals surface area contributed by atoms with Gasteiger partial charge < -0.3 is 5.32 Å². The molecule has 0 aliphatic heterocycles. The van der Waals surface area contributed by atoms with Crippen molar-refractivity contribution in [1.82, 2.24) is 0 Å². The van der Waals surface area contributed by atoms with Crippen LogP contribution in [0.1, 0.15) is 36.1 Å². The third kappa shape index (κ3) is 1.92. The van der Waals surface area contributed by atoms with Gasteiger partial charge in [-0.2, -0.15) is 0 Å². The van der Waals surface area contributed by atoms with E-state index in [1.165, 1.54) is 27.9 Å². The van der Waals surface area contributed by atoms with Crippen LogP contribution >= 0.6 is 0 Å². The van der Waals surface area contributed by atoms with Crippen LogP contribution in [-0.2, 0) is 6.42 Å². The van der Waals surface area contributed by atoms with Crippen molar-refractivity contribution < 1.29 is 0 Å². The van der Waals surface area contributed by atoms with Gasteiger partial charge in [0.2, 0.25) is 0 Å². The number of anilines is 1. The zero-order chi connectivity index (χ0) is 10.7. The van der Waals surface area contributed by atoms with Crippen LogP contribution in [0.2, 0.25) is 0 Å². The smallest absolute Gasteiger partial charge is 0.0404 e. The first-order valence-corrected chi connectivity index (χ1v) is 5.45. The molecule has 0 aromatic heterocycles. The molecule has 0 unspecified atom stereocenters. The summed E-state index contributed by atoms with van der Waals surface area (Å²) in [7, 11) is 0. The normalized spacial score (nSPS) is 10.4. The minimum absolute atomic E-state index is 0.994. The van der Waals surface area contributed by atoms with Crippen LogP contribution < -0.4 is 5.32 Å². The molecule has 0 bridgehead atoms. The van der Waals surface area contributed by atoms with Crippen LogP contribution in [-0.4, -0.2) is 6.54 Å². The van der Waals surface area contributed by atoms with Crippen LogP contribution in [0.15, 0.2) is 6.07 Å². The molecule has 1 heteroatoms. The number of rotatable bonds is 3. The molecule has 0 saturated heterocycles. The minimum Gasteiger partial charge on any atom is -0.385 e. The summed E-state index contributed by atoms with van der Waals surface area (Å²) in [5.41, 5.74) is 7.00. The monoisotopic (exact) mass is 191 g/mol. The summed E-state index contributed by atoms with van der Waals surface area (Å²) in [6.07, 6.45) is 1.12. The molecule has 0 fully saturated rings. The van der Waals surface area contributed by atoms with Gasteiger partial charge in [-0.05, 0) is 56.4 Å². The van der Waals surface area contributed by atoms with E-state index in [0.29, 0.717) is 0 Å². The zero-order valence-corrected chi connectivity index (χ0v) is 9.99. The minimum atomic E-state index is 0.994. The molecule has 1 aromatic carbocycles. The lowest BCUT2D eigenvalue weighted by Crippen LogP contribution is -2.04. The second-order valence-corrected chi connectivity index (χ2v) is 3.86. The zero-order valence-electron chi connectivity index (χ0n) is 9.99. The fourth-order valence-corrected chi connectivity index (χ4v) is 1.93. The molecular weight excluding hydrogens is 170 g/mol. The second kappa shape index (κ2) is 4.50. The second-order valence-electron chi connectivity index (χ2n) is 3.86. The average molecular weight is 191 g/mol. The first-order chi connectivity index (χ1) is 6.61. The lowest BCUT2D eigenvalue weighted by Gasteiger charge is -2.17. The lowest BCUT2D eigenvalue weighted by molar-refractivity contribution is 1.08. The largest absolute Gasteiger partial charge is 0.385 e. The molecule has 1 nitrogen and oxygen atoms in total. The predicted molar refractivity (Wildman–Crippen MR) is 64.2 cm³/mol. The van der Waals surface area contributed by atoms with Crippen molar-refractivity contribution in [3.8, 4) is 0 Å². The number of nitrogens with one attached hydrogen (secondary N) is 1. The highest BCUT2D eigenvalue weighted by Crippen LogP contribution is 2.27. The van der Waals surface area contributed by atoms with Gasteiger partial charge in [0.15, 0.2) is 0 Å². The van der Waals surface area contributed by atoms with E-state index in [1.54, 1.807) is 0 Å². The summed E-state index contributed by atoms with van der Waals surface area (Å²) in [6.45, 7) is 12.0. The molecule has 0 saturated carbocycles. The topological polar surface area (TPSA) is 12.0 Å². The number of benzene rings is 1. The number of aryl methyl sites for hydroxylation is 2. The van der Waals surface area contributed by atoms with Gasteiger partial charge in [-0.3, -0.25) is 0 Å². The summed E-state index contributed by atoms with van der Waals surface area (Å²) < 4.78 is 0. The van der Waals surface area contributed by atoms with Crippen LogP contribution in [0.4, 0.5) is 5.69 Å². The molecule has 78 valence electrons. The molecule has 14 heavy (non-hydrogen) atoms. The molecule has 0 aliphatic rings. The van der Waals surface area contributed by atoms with Gasteiger partial charge in [0.1, 0.15) is 0 Å². The Morgan fingerprint density at radius 2 is 1.71 bits per heavy atom. The van der Waals surface area contributed by atoms with Crippen molar-refractivity contribution in [1.29, 1.82) is 0 Å². The van der Waals surface area contributed by atoms with E-state index in [0.717, 1.165) is 13.0 Å². The first-order valence-electron chi connectivity index (χ1n) is 5.45. The van der Waals surface area contributed by atoms with Crippen molar-refractivity contribution >= 4 is 5.69 Å². The van der Waals surface area contributed by atoms with E-state index >= 15 is 0 Å². The Kier molecular flexibility index (Phi) is 3.56. The Hall–Kier alpha value is -0.980. The summed E-state index contributed by atoms with van der Waals surface area (Å²) in [6, 6.07) is 2.31. The maximum absolute atomic E-state index is 3.46. The molecule has 0 atom stereocenters. The highest BCUT2D eigenvalue weighted by molar-refractivity contribution is 5.62. The fraction of sp³-hybridized carbons (Fsp3) is 0.538. The molecule has 0 heterocycles. The fourth-order valence-electron chi connectivity index (χ4n) is 1.93. The van der Waals surface area contributed by atoms with Gasteiger partial charge in [-0.25, -0.2) is 0 Å². The lowest BCUT2D eigenvalue weighted by atomic mass is 9.96. The Morgan fingerprint density at radius 1 is 1.07 bits per heavy atom. The summed E-state index contributed by atoms with van der Waals surface area (Å²) in [4.78, 5) is 0. The molecule has 1 N–H and O–H groups in total. The van der Waals surface area contributed by atoms with Gasteiger partial charge >= 0.3 is 0 Å². The molecule has 0 spiro atoms. The Labute approximate surface area is 87.5 Å². The standard InChI is InChI=1S/C13H21N/c1-6-12-8-9(3)10(4)13(11(12)5)14-7-2/h8,14H,6-7H2,1-5H3. The Morgan fingerprint density at radius 3 is 2.21 bits per heavy atom. The third-order valence-electron chi connectivity index (χ3n) is 2.95. The molecule has 0 aliphatic carbocycles. The molecular formula is C13H21N. The van der Waals surface area contributed by atoms with Crippen LogP contribution in [0.3, 0.4) is 0 Å². The van der Waals surface area contributed by atoms with Gasteiger partial charge in [0.25, 0.3) is 0 Å². The molecule has 1 aromatic rings.